The van der Waals surface area contributed by atoms with Crippen LogP contribution in [0.15, 0.2) is 11.9 Å². The summed E-state index contributed by atoms with van der Waals surface area (Å²) in [6, 6.07) is 0. The molecule has 0 aromatic rings. The summed E-state index contributed by atoms with van der Waals surface area (Å²) in [7, 11) is 0. The average molecular weight is 474 g/mol. The maximum Gasteiger partial charge on any atom is 0.382 e. The van der Waals surface area contributed by atoms with E-state index in [-0.39, 0.29) is 0 Å². The standard InChI is InChI=1S/C12H7F17/c13-1(3(15)5(17)8(20)21)2(14)4(16)6(18)10(24,25)12(28,29)11(26,27)7(19)9(22)23/h1-6,8H. The first-order valence-corrected chi connectivity index (χ1v) is 6.74. The zero-order valence-corrected chi connectivity index (χ0v) is 13.0. The molecular formula is C12H7F17. The highest BCUT2D eigenvalue weighted by Crippen LogP contribution is 2.53. The van der Waals surface area contributed by atoms with Crippen LogP contribution in [0.25, 0.3) is 0 Å². The van der Waals surface area contributed by atoms with Crippen molar-refractivity contribution < 1.29 is 74.6 Å². The van der Waals surface area contributed by atoms with Crippen molar-refractivity contribution in [2.75, 3.05) is 0 Å². The van der Waals surface area contributed by atoms with Gasteiger partial charge in [0.25, 0.3) is 6.43 Å². The van der Waals surface area contributed by atoms with Crippen molar-refractivity contribution in [2.24, 2.45) is 0 Å². The van der Waals surface area contributed by atoms with E-state index in [1.54, 1.807) is 0 Å². The molecule has 0 N–H and O–H groups in total. The zero-order valence-electron chi connectivity index (χ0n) is 13.0. The molecule has 6 atom stereocenters. The molecule has 0 aromatic carbocycles. The fourth-order valence-electron chi connectivity index (χ4n) is 1.67. The quantitative estimate of drug-likeness (QED) is 0.328. The minimum absolute atomic E-state index is 4.22. The lowest BCUT2D eigenvalue weighted by molar-refractivity contribution is -0.324. The van der Waals surface area contributed by atoms with Gasteiger partial charge in [0.1, 0.15) is 0 Å². The lowest BCUT2D eigenvalue weighted by Gasteiger charge is -2.35. The summed E-state index contributed by atoms with van der Waals surface area (Å²) in [5.74, 6) is -26.5. The van der Waals surface area contributed by atoms with Gasteiger partial charge in [-0.3, -0.25) is 0 Å². The summed E-state index contributed by atoms with van der Waals surface area (Å²) in [5.41, 5.74) is 0. The van der Waals surface area contributed by atoms with Gasteiger partial charge in [-0.2, -0.15) is 39.5 Å². The van der Waals surface area contributed by atoms with E-state index in [9.17, 15) is 74.6 Å². The van der Waals surface area contributed by atoms with Crippen molar-refractivity contribution in [1.29, 1.82) is 0 Å². The number of alkyl halides is 14. The van der Waals surface area contributed by atoms with Crippen molar-refractivity contribution >= 4 is 0 Å². The summed E-state index contributed by atoms with van der Waals surface area (Å²) in [4.78, 5) is 0. The second kappa shape index (κ2) is 9.14. The third kappa shape index (κ3) is 5.00. The van der Waals surface area contributed by atoms with Gasteiger partial charge in [0, 0.05) is 0 Å². The first-order valence-electron chi connectivity index (χ1n) is 6.74. The Bertz CT molecular complexity index is 567. The van der Waals surface area contributed by atoms with Gasteiger partial charge < -0.3 is 0 Å². The molecule has 0 aliphatic carbocycles. The van der Waals surface area contributed by atoms with Gasteiger partial charge in [-0.15, -0.1) is 0 Å². The minimum Gasteiger partial charge on any atom is -0.241 e. The maximum atomic E-state index is 13.3. The monoisotopic (exact) mass is 474 g/mol. The van der Waals surface area contributed by atoms with E-state index < -0.39 is 73.1 Å². The Morgan fingerprint density at radius 3 is 1.21 bits per heavy atom. The molecule has 0 aromatic heterocycles. The summed E-state index contributed by atoms with van der Waals surface area (Å²) in [6.07, 6.45) is -37.1. The Labute approximate surface area is 149 Å². The molecule has 0 rings (SSSR count). The fraction of sp³-hybridized carbons (Fsp3) is 0.833. The number of hydrogen-bond donors (Lipinski definition) is 0. The summed E-state index contributed by atoms with van der Waals surface area (Å²) in [5, 5.41) is 0. The zero-order chi connectivity index (χ0) is 23.7. The topological polar surface area (TPSA) is 0 Å². The van der Waals surface area contributed by atoms with E-state index in [0.29, 0.717) is 0 Å². The number of allylic oxidation sites excluding steroid dienone is 1. The fourth-order valence-corrected chi connectivity index (χ4v) is 1.67. The molecule has 17 heteroatoms. The molecule has 0 heterocycles. The highest BCUT2D eigenvalue weighted by Gasteiger charge is 2.78. The van der Waals surface area contributed by atoms with Crippen LogP contribution in [0.5, 0.6) is 0 Å². The molecule has 0 aliphatic heterocycles. The van der Waals surface area contributed by atoms with Gasteiger partial charge in [0.05, 0.1) is 0 Å². The molecule has 6 unspecified atom stereocenters. The Balaban J connectivity index is 5.83. The molecule has 0 amide bonds. The molecule has 0 saturated heterocycles. The van der Waals surface area contributed by atoms with Crippen molar-refractivity contribution in [2.45, 2.75) is 61.2 Å². The second-order valence-electron chi connectivity index (χ2n) is 5.30. The van der Waals surface area contributed by atoms with Gasteiger partial charge in [0.15, 0.2) is 30.9 Å². The van der Waals surface area contributed by atoms with E-state index in [0.717, 1.165) is 0 Å². The highest BCUT2D eigenvalue weighted by molar-refractivity contribution is 5.16. The van der Waals surface area contributed by atoms with Crippen LogP contribution >= 0.6 is 0 Å². The predicted octanol–water partition coefficient (Wildman–Crippen LogP) is 6.26. The number of halogens is 17. The lowest BCUT2D eigenvalue weighted by atomic mass is 9.93. The average Bonchev–Trinajstić information content (AvgIpc) is 2.62. The summed E-state index contributed by atoms with van der Waals surface area (Å²) in [6.45, 7) is 0. The van der Waals surface area contributed by atoms with Crippen molar-refractivity contribution in [3.63, 3.8) is 0 Å². The van der Waals surface area contributed by atoms with Crippen LogP contribution in [0.1, 0.15) is 0 Å². The van der Waals surface area contributed by atoms with Crippen LogP contribution in [-0.4, -0.2) is 61.2 Å². The van der Waals surface area contributed by atoms with Gasteiger partial charge in [-0.25, -0.2) is 35.1 Å². The largest absolute Gasteiger partial charge is 0.382 e. The Morgan fingerprint density at radius 2 is 0.862 bits per heavy atom. The Hall–Kier alpha value is -1.45. The highest BCUT2D eigenvalue weighted by atomic mass is 19.4. The Morgan fingerprint density at radius 1 is 0.517 bits per heavy atom. The Kier molecular flexibility index (Phi) is 8.68. The molecule has 0 saturated carbocycles. The molecular weight excluding hydrogens is 467 g/mol. The van der Waals surface area contributed by atoms with Gasteiger partial charge in [-0.1, -0.05) is 0 Å². The van der Waals surface area contributed by atoms with Gasteiger partial charge in [-0.05, 0) is 0 Å². The van der Waals surface area contributed by atoms with Crippen molar-refractivity contribution in [3.8, 4) is 0 Å². The second-order valence-corrected chi connectivity index (χ2v) is 5.30. The smallest absolute Gasteiger partial charge is 0.241 e. The van der Waals surface area contributed by atoms with Crippen molar-refractivity contribution in [3.05, 3.63) is 11.9 Å². The molecule has 0 nitrogen and oxygen atoms in total. The van der Waals surface area contributed by atoms with E-state index in [1.165, 1.54) is 0 Å². The summed E-state index contributed by atoms with van der Waals surface area (Å²) < 4.78 is 216. The molecule has 174 valence electrons. The number of hydrogen-bond acceptors (Lipinski definition) is 0. The SMILES string of the molecule is FC(F)=C(F)C(F)(F)C(F)(F)C(F)(F)C(F)C(F)C(F)C(F)C(F)C(F)C(F)F. The van der Waals surface area contributed by atoms with E-state index in [2.05, 4.69) is 0 Å². The first-order chi connectivity index (χ1) is 12.8. The van der Waals surface area contributed by atoms with E-state index in [4.69, 9.17) is 0 Å². The molecule has 0 spiro atoms. The van der Waals surface area contributed by atoms with Crippen LogP contribution in [-0.2, 0) is 0 Å². The van der Waals surface area contributed by atoms with Crippen LogP contribution in [0, 0.1) is 0 Å². The third-order valence-corrected chi connectivity index (χ3v) is 3.34. The van der Waals surface area contributed by atoms with Crippen LogP contribution in [0.2, 0.25) is 0 Å². The summed E-state index contributed by atoms with van der Waals surface area (Å²) >= 11 is 0. The minimum atomic E-state index is -7.52. The van der Waals surface area contributed by atoms with Gasteiger partial charge >= 0.3 is 23.8 Å². The maximum absolute atomic E-state index is 13.3. The molecule has 29 heavy (non-hydrogen) atoms. The predicted molar refractivity (Wildman–Crippen MR) is 60.6 cm³/mol. The normalized spacial score (nSPS) is 20.1. The third-order valence-electron chi connectivity index (χ3n) is 3.34. The van der Waals surface area contributed by atoms with Crippen LogP contribution in [0.3, 0.4) is 0 Å². The van der Waals surface area contributed by atoms with Crippen LogP contribution in [0.4, 0.5) is 74.6 Å². The number of rotatable bonds is 10. The van der Waals surface area contributed by atoms with Gasteiger partial charge in [0.2, 0.25) is 12.0 Å². The molecule has 0 bridgehead atoms. The van der Waals surface area contributed by atoms with E-state index in [1.807, 2.05) is 0 Å². The molecule has 0 fully saturated rings. The van der Waals surface area contributed by atoms with E-state index >= 15 is 0 Å². The molecule has 0 aliphatic rings. The molecule has 0 radical (unpaired) electrons. The first kappa shape index (κ1) is 27.5. The van der Waals surface area contributed by atoms with Crippen LogP contribution < -0.4 is 0 Å². The lowest BCUT2D eigenvalue weighted by Crippen LogP contribution is -2.62. The van der Waals surface area contributed by atoms with Crippen molar-refractivity contribution in [1.82, 2.24) is 0 Å².